The van der Waals surface area contributed by atoms with Crippen molar-refractivity contribution in [2.24, 2.45) is 5.92 Å². The van der Waals surface area contributed by atoms with E-state index in [2.05, 4.69) is 20.8 Å². The molecular weight excluding hydrogens is 282 g/mol. The molecule has 0 saturated heterocycles. The molecule has 1 heterocycles. The van der Waals surface area contributed by atoms with Gasteiger partial charge in [-0.25, -0.2) is 0 Å². The summed E-state index contributed by atoms with van der Waals surface area (Å²) in [4.78, 5) is 12.1. The van der Waals surface area contributed by atoms with E-state index in [1.807, 2.05) is 24.3 Å². The number of tetrazole rings is 1. The summed E-state index contributed by atoms with van der Waals surface area (Å²) >= 11 is 0. The van der Waals surface area contributed by atoms with Gasteiger partial charge in [-0.3, -0.25) is 4.79 Å². The lowest BCUT2D eigenvalue weighted by molar-refractivity contribution is -0.125. The number of amides is 1. The highest BCUT2D eigenvalue weighted by Gasteiger charge is 2.22. The van der Waals surface area contributed by atoms with Crippen molar-refractivity contribution in [3.05, 3.63) is 30.1 Å². The van der Waals surface area contributed by atoms with Gasteiger partial charge >= 0.3 is 0 Å². The fraction of sp³-hybridized carbons (Fsp3) is 0.467. The highest BCUT2D eigenvalue weighted by Crippen LogP contribution is 2.24. The van der Waals surface area contributed by atoms with Gasteiger partial charge in [-0.1, -0.05) is 12.8 Å². The molecule has 1 aliphatic carbocycles. The molecule has 7 nitrogen and oxygen atoms in total. The molecule has 0 bridgehead atoms. The number of nitrogens with zero attached hydrogens (tertiary/aromatic N) is 4. The Kier molecular flexibility index (Phi) is 4.32. The first-order valence-corrected chi connectivity index (χ1v) is 7.47. The molecule has 1 N–H and O–H groups in total. The van der Waals surface area contributed by atoms with Crippen LogP contribution in [0.5, 0.6) is 5.75 Å². The SMILES string of the molecule is COc1ccc(-n2nnnc2CNC(=O)C2CCCC2)cc1. The first-order chi connectivity index (χ1) is 10.8. The Morgan fingerprint density at radius 2 is 2.05 bits per heavy atom. The van der Waals surface area contributed by atoms with E-state index in [-0.39, 0.29) is 11.8 Å². The average Bonchev–Trinajstić information content (AvgIpc) is 3.24. The van der Waals surface area contributed by atoms with Crippen LogP contribution in [0.2, 0.25) is 0 Å². The number of hydrogen-bond acceptors (Lipinski definition) is 5. The Bertz CT molecular complexity index is 632. The summed E-state index contributed by atoms with van der Waals surface area (Å²) in [6, 6.07) is 7.44. The zero-order valence-electron chi connectivity index (χ0n) is 12.5. The fourth-order valence-electron chi connectivity index (χ4n) is 2.74. The molecule has 22 heavy (non-hydrogen) atoms. The van der Waals surface area contributed by atoms with Gasteiger partial charge in [0.15, 0.2) is 5.82 Å². The van der Waals surface area contributed by atoms with Crippen molar-refractivity contribution < 1.29 is 9.53 Å². The van der Waals surface area contributed by atoms with Crippen LogP contribution in [0.3, 0.4) is 0 Å². The van der Waals surface area contributed by atoms with Crippen LogP contribution >= 0.6 is 0 Å². The summed E-state index contributed by atoms with van der Waals surface area (Å²) in [7, 11) is 1.62. The Hall–Kier alpha value is -2.44. The lowest BCUT2D eigenvalue weighted by Gasteiger charge is -2.10. The van der Waals surface area contributed by atoms with E-state index in [9.17, 15) is 4.79 Å². The largest absolute Gasteiger partial charge is 0.497 e. The maximum atomic E-state index is 12.1. The molecule has 1 aliphatic rings. The first kappa shape index (κ1) is 14.5. The van der Waals surface area contributed by atoms with Crippen molar-refractivity contribution in [1.82, 2.24) is 25.5 Å². The molecule has 0 spiro atoms. The van der Waals surface area contributed by atoms with Gasteiger partial charge in [0.2, 0.25) is 5.91 Å². The van der Waals surface area contributed by atoms with Crippen LogP contribution in [-0.4, -0.2) is 33.2 Å². The molecule has 0 atom stereocenters. The van der Waals surface area contributed by atoms with E-state index in [1.165, 1.54) is 0 Å². The molecule has 0 radical (unpaired) electrons. The summed E-state index contributed by atoms with van der Waals surface area (Å²) in [6.07, 6.45) is 4.24. The summed E-state index contributed by atoms with van der Waals surface area (Å²) in [5, 5.41) is 14.6. The Balaban J connectivity index is 1.67. The van der Waals surface area contributed by atoms with Crippen LogP contribution in [0, 0.1) is 5.92 Å². The number of benzene rings is 1. The minimum Gasteiger partial charge on any atom is -0.497 e. The zero-order chi connectivity index (χ0) is 15.4. The van der Waals surface area contributed by atoms with Gasteiger partial charge in [0.1, 0.15) is 5.75 Å². The molecule has 7 heteroatoms. The van der Waals surface area contributed by atoms with Crippen molar-refractivity contribution in [2.45, 2.75) is 32.2 Å². The topological polar surface area (TPSA) is 81.9 Å². The molecule has 1 fully saturated rings. The summed E-state index contributed by atoms with van der Waals surface area (Å²) in [6.45, 7) is 0.328. The quantitative estimate of drug-likeness (QED) is 0.904. The van der Waals surface area contributed by atoms with Crippen molar-refractivity contribution in [3.8, 4) is 11.4 Å². The van der Waals surface area contributed by atoms with Gasteiger partial charge < -0.3 is 10.1 Å². The second-order valence-corrected chi connectivity index (χ2v) is 5.40. The highest BCUT2D eigenvalue weighted by molar-refractivity contribution is 5.78. The van der Waals surface area contributed by atoms with Gasteiger partial charge in [-0.2, -0.15) is 4.68 Å². The number of nitrogens with one attached hydrogen (secondary N) is 1. The Labute approximate surface area is 128 Å². The maximum Gasteiger partial charge on any atom is 0.223 e. The third-order valence-electron chi connectivity index (χ3n) is 4.00. The standard InChI is InChI=1S/C15H19N5O2/c1-22-13-8-6-12(7-9-13)20-14(17-18-19-20)10-16-15(21)11-4-2-3-5-11/h6-9,11H,2-5,10H2,1H3,(H,16,21). The van der Waals surface area contributed by atoms with Gasteiger partial charge in [-0.15, -0.1) is 5.10 Å². The van der Waals surface area contributed by atoms with Crippen LogP contribution < -0.4 is 10.1 Å². The third-order valence-corrected chi connectivity index (χ3v) is 4.00. The Morgan fingerprint density at radius 1 is 1.32 bits per heavy atom. The number of carbonyl (C=O) groups is 1. The van der Waals surface area contributed by atoms with Crippen molar-refractivity contribution in [3.63, 3.8) is 0 Å². The third kappa shape index (κ3) is 3.08. The highest BCUT2D eigenvalue weighted by atomic mass is 16.5. The first-order valence-electron chi connectivity index (χ1n) is 7.47. The molecule has 1 aromatic heterocycles. The fourth-order valence-corrected chi connectivity index (χ4v) is 2.74. The molecule has 1 aromatic carbocycles. The minimum absolute atomic E-state index is 0.0989. The number of hydrogen-bond donors (Lipinski definition) is 1. The van der Waals surface area contributed by atoms with Crippen molar-refractivity contribution >= 4 is 5.91 Å². The van der Waals surface area contributed by atoms with E-state index >= 15 is 0 Å². The second-order valence-electron chi connectivity index (χ2n) is 5.40. The average molecular weight is 301 g/mol. The Morgan fingerprint density at radius 3 is 2.73 bits per heavy atom. The molecule has 3 rings (SSSR count). The van der Waals surface area contributed by atoms with Crippen LogP contribution in [0.15, 0.2) is 24.3 Å². The van der Waals surface area contributed by atoms with Gasteiger partial charge in [-0.05, 0) is 47.5 Å². The number of carbonyl (C=O) groups excluding carboxylic acids is 1. The monoisotopic (exact) mass is 301 g/mol. The lowest BCUT2D eigenvalue weighted by Crippen LogP contribution is -2.29. The minimum atomic E-state index is 0.0989. The van der Waals surface area contributed by atoms with Gasteiger partial charge in [0.25, 0.3) is 0 Å². The van der Waals surface area contributed by atoms with E-state index in [0.717, 1.165) is 37.1 Å². The van der Waals surface area contributed by atoms with Gasteiger partial charge in [0.05, 0.1) is 19.3 Å². The van der Waals surface area contributed by atoms with Crippen LogP contribution in [0.1, 0.15) is 31.5 Å². The molecule has 1 saturated carbocycles. The van der Waals surface area contributed by atoms with Crippen molar-refractivity contribution in [2.75, 3.05) is 7.11 Å². The van der Waals surface area contributed by atoms with Crippen molar-refractivity contribution in [1.29, 1.82) is 0 Å². The van der Waals surface area contributed by atoms with E-state index in [4.69, 9.17) is 4.74 Å². The lowest BCUT2D eigenvalue weighted by atomic mass is 10.1. The smallest absolute Gasteiger partial charge is 0.223 e. The number of ether oxygens (including phenoxy) is 1. The molecule has 0 unspecified atom stereocenters. The normalized spacial score (nSPS) is 15.0. The van der Waals surface area contributed by atoms with E-state index < -0.39 is 0 Å². The van der Waals surface area contributed by atoms with E-state index in [1.54, 1.807) is 11.8 Å². The molecule has 116 valence electrons. The van der Waals surface area contributed by atoms with Crippen LogP contribution in [0.25, 0.3) is 5.69 Å². The summed E-state index contributed by atoms with van der Waals surface area (Å²) in [5.74, 6) is 1.62. The second kappa shape index (κ2) is 6.55. The zero-order valence-corrected chi connectivity index (χ0v) is 12.5. The number of aromatic nitrogens is 4. The molecule has 1 amide bonds. The predicted molar refractivity (Wildman–Crippen MR) is 79.5 cm³/mol. The van der Waals surface area contributed by atoms with Crippen LogP contribution in [0.4, 0.5) is 0 Å². The number of methoxy groups -OCH3 is 1. The van der Waals surface area contributed by atoms with E-state index in [0.29, 0.717) is 12.4 Å². The predicted octanol–water partition coefficient (Wildman–Crippen LogP) is 1.48. The maximum absolute atomic E-state index is 12.1. The summed E-state index contributed by atoms with van der Waals surface area (Å²) < 4.78 is 6.75. The van der Waals surface area contributed by atoms with Gasteiger partial charge in [0, 0.05) is 5.92 Å². The van der Waals surface area contributed by atoms with Crippen LogP contribution in [-0.2, 0) is 11.3 Å². The summed E-state index contributed by atoms with van der Waals surface area (Å²) in [5.41, 5.74) is 0.830. The number of rotatable bonds is 5. The molecule has 2 aromatic rings. The molecule has 0 aliphatic heterocycles. The molecular formula is C15H19N5O2.